The Morgan fingerprint density at radius 3 is 2.03 bits per heavy atom. The van der Waals surface area contributed by atoms with Crippen LogP contribution in [0, 0.1) is 0 Å². The van der Waals surface area contributed by atoms with Crippen LogP contribution < -0.4 is 5.32 Å². The van der Waals surface area contributed by atoms with Crippen molar-refractivity contribution in [3.8, 4) is 0 Å². The predicted octanol–water partition coefficient (Wildman–Crippen LogP) is 7.03. The first-order chi connectivity index (χ1) is 18.7. The number of rotatable bonds is 7. The van der Waals surface area contributed by atoms with Crippen molar-refractivity contribution in [2.45, 2.75) is 45.5 Å². The lowest BCUT2D eigenvalue weighted by atomic mass is 10.2. The molecule has 0 aliphatic carbocycles. The summed E-state index contributed by atoms with van der Waals surface area (Å²) in [6.45, 7) is 11.3. The van der Waals surface area contributed by atoms with E-state index in [1.165, 1.54) is 27.4 Å². The van der Waals surface area contributed by atoms with Crippen molar-refractivity contribution in [1.82, 2.24) is 19.7 Å². The number of benzene rings is 3. The fourth-order valence-corrected chi connectivity index (χ4v) is 5.98. The zero-order valence-electron chi connectivity index (χ0n) is 22.8. The van der Waals surface area contributed by atoms with E-state index in [-0.39, 0.29) is 12.1 Å². The van der Waals surface area contributed by atoms with Gasteiger partial charge in [-0.2, -0.15) is 0 Å². The Hall–Kier alpha value is -2.39. The molecule has 8 heteroatoms. The van der Waals surface area contributed by atoms with E-state index < -0.39 is 5.60 Å². The van der Waals surface area contributed by atoms with Gasteiger partial charge in [0.05, 0.1) is 0 Å². The summed E-state index contributed by atoms with van der Waals surface area (Å²) in [5.41, 5.74) is 3.25. The summed E-state index contributed by atoms with van der Waals surface area (Å²) >= 11 is 7.33. The van der Waals surface area contributed by atoms with Crippen molar-refractivity contribution in [1.29, 1.82) is 0 Å². The Bertz CT molecular complexity index is 1380. The SMILES string of the molecule is CC(C)(C)OC(=O)N1CCN(CC(Cn2c3ccc(Br)cc3c3cc(Br)ccc32)NCc2ccccc2)CC1. The quantitative estimate of drug-likeness (QED) is 0.232. The van der Waals surface area contributed by atoms with E-state index in [1.807, 2.05) is 25.7 Å². The van der Waals surface area contributed by atoms with Crippen molar-refractivity contribution in [2.75, 3.05) is 32.7 Å². The van der Waals surface area contributed by atoms with Gasteiger partial charge < -0.3 is 19.5 Å². The lowest BCUT2D eigenvalue weighted by Crippen LogP contribution is -2.53. The Morgan fingerprint density at radius 1 is 0.872 bits per heavy atom. The maximum Gasteiger partial charge on any atom is 0.410 e. The van der Waals surface area contributed by atoms with Crippen LogP contribution >= 0.6 is 31.9 Å². The first kappa shape index (κ1) is 28.1. The molecular weight excluding hydrogens is 620 g/mol. The molecule has 0 bridgehead atoms. The highest BCUT2D eigenvalue weighted by atomic mass is 79.9. The second-order valence-electron chi connectivity index (χ2n) is 11.3. The maximum absolute atomic E-state index is 12.6. The van der Waals surface area contributed by atoms with E-state index in [1.54, 1.807) is 0 Å². The molecule has 206 valence electrons. The van der Waals surface area contributed by atoms with Gasteiger partial charge in [0, 0.05) is 82.6 Å². The molecule has 5 rings (SSSR count). The van der Waals surface area contributed by atoms with E-state index in [9.17, 15) is 4.79 Å². The van der Waals surface area contributed by atoms with Gasteiger partial charge in [-0.15, -0.1) is 0 Å². The molecule has 1 aliphatic heterocycles. The second-order valence-corrected chi connectivity index (χ2v) is 13.1. The van der Waals surface area contributed by atoms with Gasteiger partial charge in [-0.1, -0.05) is 62.2 Å². The van der Waals surface area contributed by atoms with Gasteiger partial charge in [-0.25, -0.2) is 4.79 Å². The van der Waals surface area contributed by atoms with Crippen LogP contribution in [0.1, 0.15) is 26.3 Å². The van der Waals surface area contributed by atoms with Gasteiger partial charge in [-0.3, -0.25) is 4.90 Å². The van der Waals surface area contributed by atoms with Gasteiger partial charge in [0.15, 0.2) is 0 Å². The molecule has 1 N–H and O–H groups in total. The second kappa shape index (κ2) is 12.0. The highest BCUT2D eigenvalue weighted by Crippen LogP contribution is 2.33. The van der Waals surface area contributed by atoms with Gasteiger partial charge in [0.1, 0.15) is 5.60 Å². The molecule has 1 fully saturated rings. The lowest BCUT2D eigenvalue weighted by molar-refractivity contribution is 0.0137. The largest absolute Gasteiger partial charge is 0.444 e. The number of carbonyl (C=O) groups is 1. The standard InChI is InChI=1S/C31H36Br2N4O2/c1-31(2,3)39-30(38)36-15-13-35(14-16-36)20-25(34-19-22-7-5-4-6-8-22)21-37-28-11-9-23(32)17-26(28)27-18-24(33)10-12-29(27)37/h4-12,17-18,25,34H,13-16,19-21H2,1-3H3. The fourth-order valence-electron chi connectivity index (χ4n) is 5.26. The summed E-state index contributed by atoms with van der Waals surface area (Å²) in [4.78, 5) is 16.9. The molecule has 1 aliphatic rings. The minimum Gasteiger partial charge on any atom is -0.444 e. The first-order valence-corrected chi connectivity index (χ1v) is 15.1. The number of ether oxygens (including phenoxy) is 1. The molecule has 1 amide bonds. The lowest BCUT2D eigenvalue weighted by Gasteiger charge is -2.37. The first-order valence-electron chi connectivity index (χ1n) is 13.5. The van der Waals surface area contributed by atoms with E-state index in [0.29, 0.717) is 13.1 Å². The molecule has 3 aromatic carbocycles. The van der Waals surface area contributed by atoms with Gasteiger partial charge >= 0.3 is 6.09 Å². The van der Waals surface area contributed by atoms with Gasteiger partial charge in [0.2, 0.25) is 0 Å². The van der Waals surface area contributed by atoms with Crippen molar-refractivity contribution < 1.29 is 9.53 Å². The van der Waals surface area contributed by atoms with Crippen LogP contribution in [0.5, 0.6) is 0 Å². The van der Waals surface area contributed by atoms with Crippen LogP contribution in [-0.2, 0) is 17.8 Å². The van der Waals surface area contributed by atoms with Crippen molar-refractivity contribution in [3.63, 3.8) is 0 Å². The third kappa shape index (κ3) is 7.04. The Morgan fingerprint density at radius 2 is 1.46 bits per heavy atom. The summed E-state index contributed by atoms with van der Waals surface area (Å²) < 4.78 is 10.2. The molecule has 39 heavy (non-hydrogen) atoms. The van der Waals surface area contributed by atoms with Crippen LogP contribution in [0.3, 0.4) is 0 Å². The highest BCUT2D eigenvalue weighted by Gasteiger charge is 2.27. The number of aromatic nitrogens is 1. The van der Waals surface area contributed by atoms with E-state index in [4.69, 9.17) is 4.74 Å². The average Bonchev–Trinajstić information content (AvgIpc) is 3.19. The number of hydrogen-bond acceptors (Lipinski definition) is 4. The smallest absolute Gasteiger partial charge is 0.410 e. The normalized spacial score (nSPS) is 15.7. The number of piperazine rings is 1. The van der Waals surface area contributed by atoms with E-state index in [2.05, 4.69) is 113 Å². The third-order valence-corrected chi connectivity index (χ3v) is 8.12. The minimum atomic E-state index is -0.478. The topological polar surface area (TPSA) is 49.7 Å². The molecule has 1 aromatic heterocycles. The molecule has 1 unspecified atom stereocenters. The summed E-state index contributed by atoms with van der Waals surface area (Å²) in [6, 6.07) is 23.9. The van der Waals surface area contributed by atoms with E-state index in [0.717, 1.165) is 41.7 Å². The molecule has 6 nitrogen and oxygen atoms in total. The maximum atomic E-state index is 12.6. The predicted molar refractivity (Wildman–Crippen MR) is 166 cm³/mol. The van der Waals surface area contributed by atoms with Crippen LogP contribution in [0.4, 0.5) is 4.79 Å². The van der Waals surface area contributed by atoms with E-state index >= 15 is 0 Å². The Balaban J connectivity index is 1.37. The average molecular weight is 656 g/mol. The van der Waals surface area contributed by atoms with Crippen molar-refractivity contribution >= 4 is 59.8 Å². The Kier molecular flexibility index (Phi) is 8.66. The van der Waals surface area contributed by atoms with Crippen molar-refractivity contribution in [2.24, 2.45) is 0 Å². The number of halogens is 2. The van der Waals surface area contributed by atoms with Crippen molar-refractivity contribution in [3.05, 3.63) is 81.2 Å². The number of amides is 1. The van der Waals surface area contributed by atoms with Crippen LogP contribution in [0.25, 0.3) is 21.8 Å². The number of nitrogens with zero attached hydrogens (tertiary/aromatic N) is 3. The summed E-state index contributed by atoms with van der Waals surface area (Å²) in [5, 5.41) is 6.34. The van der Waals surface area contributed by atoms with Gasteiger partial charge in [-0.05, 0) is 62.7 Å². The summed E-state index contributed by atoms with van der Waals surface area (Å²) in [5.74, 6) is 0. The van der Waals surface area contributed by atoms with Crippen LogP contribution in [-0.4, -0.2) is 64.8 Å². The molecule has 1 saturated heterocycles. The Labute approximate surface area is 247 Å². The third-order valence-electron chi connectivity index (χ3n) is 7.13. The van der Waals surface area contributed by atoms with Gasteiger partial charge in [0.25, 0.3) is 0 Å². The summed E-state index contributed by atoms with van der Waals surface area (Å²) in [7, 11) is 0. The molecule has 2 heterocycles. The molecule has 4 aromatic rings. The zero-order valence-corrected chi connectivity index (χ0v) is 26.0. The summed E-state index contributed by atoms with van der Waals surface area (Å²) in [6.07, 6.45) is -0.219. The highest BCUT2D eigenvalue weighted by molar-refractivity contribution is 9.10. The number of nitrogens with one attached hydrogen (secondary N) is 1. The number of hydrogen-bond donors (Lipinski definition) is 1. The number of fused-ring (bicyclic) bond motifs is 3. The van der Waals surface area contributed by atoms with Crippen LogP contribution in [0.2, 0.25) is 0 Å². The molecular formula is C31H36Br2N4O2. The zero-order chi connectivity index (χ0) is 27.6. The molecule has 0 saturated carbocycles. The monoisotopic (exact) mass is 654 g/mol. The number of carbonyl (C=O) groups excluding carboxylic acids is 1. The fraction of sp³-hybridized carbons (Fsp3) is 0.387. The van der Waals surface area contributed by atoms with Crippen LogP contribution in [0.15, 0.2) is 75.7 Å². The molecule has 0 spiro atoms. The molecule has 0 radical (unpaired) electrons. The molecule has 1 atom stereocenters. The minimum absolute atomic E-state index is 0.212.